The van der Waals surface area contributed by atoms with E-state index in [1.165, 1.54) is 0 Å². The lowest BCUT2D eigenvalue weighted by molar-refractivity contribution is -0.132. The van der Waals surface area contributed by atoms with Gasteiger partial charge in [-0.2, -0.15) is 0 Å². The molecule has 0 bridgehead atoms. The molecule has 1 aromatic heterocycles. The molecule has 2 aromatic carbocycles. The van der Waals surface area contributed by atoms with E-state index in [0.717, 1.165) is 25.1 Å². The Morgan fingerprint density at radius 1 is 1.09 bits per heavy atom. The first-order chi connectivity index (χ1) is 15.9. The minimum atomic E-state index is -0.540. The molecule has 3 fully saturated rings. The molecule has 2 amide bonds. The summed E-state index contributed by atoms with van der Waals surface area (Å²) < 4.78 is 5.02. The molecule has 33 heavy (non-hydrogen) atoms. The molecule has 7 nitrogen and oxygen atoms in total. The van der Waals surface area contributed by atoms with Gasteiger partial charge >= 0.3 is 5.76 Å². The third kappa shape index (κ3) is 3.83. The maximum absolute atomic E-state index is 13.0. The fourth-order valence-electron chi connectivity index (χ4n) is 5.39. The van der Waals surface area contributed by atoms with Gasteiger partial charge in [0.1, 0.15) is 0 Å². The van der Waals surface area contributed by atoms with Crippen molar-refractivity contribution in [3.63, 3.8) is 0 Å². The van der Waals surface area contributed by atoms with Crippen LogP contribution in [0.1, 0.15) is 28.3 Å². The molecule has 9 heteroatoms. The average molecular weight is 486 g/mol. The number of nitrogens with zero attached hydrogens (tertiary/aromatic N) is 1. The molecule has 0 spiro atoms. The molecule has 6 rings (SSSR count). The van der Waals surface area contributed by atoms with Crippen LogP contribution in [0.25, 0.3) is 11.1 Å². The molecule has 170 valence electrons. The number of piperidine rings is 1. The van der Waals surface area contributed by atoms with E-state index in [1.807, 2.05) is 17.0 Å². The number of oxazole rings is 1. The molecular formula is C24H21Cl2N3O4. The van der Waals surface area contributed by atoms with Crippen molar-refractivity contribution in [3.05, 3.63) is 68.1 Å². The lowest BCUT2D eigenvalue weighted by Crippen LogP contribution is -2.35. The molecule has 0 radical (unpaired) electrons. The van der Waals surface area contributed by atoms with Gasteiger partial charge in [-0.15, -0.1) is 0 Å². The number of H-pyrrole nitrogens is 1. The Morgan fingerprint density at radius 2 is 1.82 bits per heavy atom. The van der Waals surface area contributed by atoms with E-state index < -0.39 is 5.76 Å². The molecule has 2 N–H and O–H groups in total. The van der Waals surface area contributed by atoms with Crippen molar-refractivity contribution in [2.75, 3.05) is 19.6 Å². The van der Waals surface area contributed by atoms with Crippen molar-refractivity contribution >= 4 is 46.1 Å². The molecule has 2 saturated carbocycles. The zero-order chi connectivity index (χ0) is 22.9. The van der Waals surface area contributed by atoms with Gasteiger partial charge in [-0.3, -0.25) is 14.6 Å². The summed E-state index contributed by atoms with van der Waals surface area (Å²) >= 11 is 12.2. The van der Waals surface area contributed by atoms with Gasteiger partial charge in [-0.05, 0) is 72.1 Å². The van der Waals surface area contributed by atoms with Crippen molar-refractivity contribution in [3.8, 4) is 0 Å². The predicted octanol–water partition coefficient (Wildman–Crippen LogP) is 3.67. The van der Waals surface area contributed by atoms with Gasteiger partial charge < -0.3 is 14.6 Å². The minimum Gasteiger partial charge on any atom is -0.408 e. The number of likely N-dealkylation sites (tertiary alicyclic amines) is 1. The van der Waals surface area contributed by atoms with Crippen molar-refractivity contribution in [2.24, 2.45) is 23.7 Å². The Kier molecular flexibility index (Phi) is 4.82. The van der Waals surface area contributed by atoms with Gasteiger partial charge in [0, 0.05) is 41.2 Å². The van der Waals surface area contributed by atoms with Gasteiger partial charge in [0.15, 0.2) is 5.58 Å². The monoisotopic (exact) mass is 485 g/mol. The highest BCUT2D eigenvalue weighted by molar-refractivity contribution is 6.34. The highest BCUT2D eigenvalue weighted by Gasteiger charge is 2.58. The number of nitrogens with one attached hydrogen (secondary N) is 2. The summed E-state index contributed by atoms with van der Waals surface area (Å²) in [4.78, 5) is 41.3. The second-order valence-corrected chi connectivity index (χ2v) is 10.2. The highest BCUT2D eigenvalue weighted by atomic mass is 35.5. The third-order valence-electron chi connectivity index (χ3n) is 7.29. The summed E-state index contributed by atoms with van der Waals surface area (Å²) in [5, 5.41) is 4.18. The van der Waals surface area contributed by atoms with Crippen LogP contribution in [0.15, 0.2) is 45.6 Å². The summed E-state index contributed by atoms with van der Waals surface area (Å²) in [5.74, 6) is 0.970. The molecule has 1 aliphatic heterocycles. The fraction of sp³-hybridized carbons (Fsp3) is 0.375. The van der Waals surface area contributed by atoms with E-state index >= 15 is 0 Å². The van der Waals surface area contributed by atoms with E-state index in [2.05, 4.69) is 10.3 Å². The SMILES string of the molecule is O=C(NCC1[C@H]2CN(C(=O)C3CC3c3cc(Cl)cc(Cl)c3)C[C@@H]12)c1ccc2[nH]c(=O)oc2c1. The summed E-state index contributed by atoms with van der Waals surface area (Å²) in [6.45, 7) is 2.09. The van der Waals surface area contributed by atoms with Gasteiger partial charge in [0.2, 0.25) is 5.91 Å². The number of halogens is 2. The molecule has 3 unspecified atom stereocenters. The van der Waals surface area contributed by atoms with Gasteiger partial charge in [-0.25, -0.2) is 4.79 Å². The molecule has 3 aliphatic rings. The van der Waals surface area contributed by atoms with Crippen molar-refractivity contribution < 1.29 is 14.0 Å². The average Bonchev–Trinajstić information content (AvgIpc) is 3.60. The first-order valence-corrected chi connectivity index (χ1v) is 11.8. The fourth-order valence-corrected chi connectivity index (χ4v) is 5.93. The van der Waals surface area contributed by atoms with Gasteiger partial charge in [0.05, 0.1) is 5.52 Å². The molecule has 5 atom stereocenters. The van der Waals surface area contributed by atoms with Gasteiger partial charge in [-0.1, -0.05) is 23.2 Å². The lowest BCUT2D eigenvalue weighted by atomic mass is 10.1. The number of fused-ring (bicyclic) bond motifs is 2. The first-order valence-electron chi connectivity index (χ1n) is 11.0. The standard InChI is InChI=1S/C24H21Cl2N3O4/c25-13-3-12(4-14(26)6-13)15-7-16(15)23(31)29-9-18-17(19(18)10-29)8-27-22(30)11-1-2-20-21(5-11)33-24(32)28-20/h1-6,15-19H,7-10H2,(H,27,30)(H,28,32)/t15?,16?,17?,18-,19+. The molecule has 2 aliphatic carbocycles. The molecule has 3 aromatic rings. The van der Waals surface area contributed by atoms with Crippen molar-refractivity contribution in [1.82, 2.24) is 15.2 Å². The van der Waals surface area contributed by atoms with Crippen LogP contribution in [0, 0.1) is 23.7 Å². The molecular weight excluding hydrogens is 465 g/mol. The zero-order valence-corrected chi connectivity index (χ0v) is 19.0. The molecule has 1 saturated heterocycles. The van der Waals surface area contributed by atoms with Crippen LogP contribution in [0.4, 0.5) is 0 Å². The van der Waals surface area contributed by atoms with Gasteiger partial charge in [0.25, 0.3) is 5.91 Å². The Hall–Kier alpha value is -2.77. The number of carbonyl (C=O) groups is 2. The summed E-state index contributed by atoms with van der Waals surface area (Å²) in [7, 11) is 0. The zero-order valence-electron chi connectivity index (χ0n) is 17.5. The van der Waals surface area contributed by atoms with Crippen LogP contribution < -0.4 is 11.1 Å². The number of aromatic amines is 1. The maximum atomic E-state index is 13.0. The van der Waals surface area contributed by atoms with Crippen LogP contribution in [0.3, 0.4) is 0 Å². The Balaban J connectivity index is 1.00. The summed E-state index contributed by atoms with van der Waals surface area (Å²) in [6.07, 6.45) is 0.840. The Bertz CT molecular complexity index is 1320. The topological polar surface area (TPSA) is 95.4 Å². The number of hydrogen-bond donors (Lipinski definition) is 2. The van der Waals surface area contributed by atoms with E-state index in [4.69, 9.17) is 27.6 Å². The normalized spacial score (nSPS) is 27.5. The number of rotatable bonds is 5. The highest BCUT2D eigenvalue weighted by Crippen LogP contribution is 2.54. The Labute approximate surface area is 199 Å². The summed E-state index contributed by atoms with van der Waals surface area (Å²) in [5.41, 5.74) is 2.42. The number of carbonyl (C=O) groups excluding carboxylic acids is 2. The third-order valence-corrected chi connectivity index (χ3v) is 7.72. The van der Waals surface area contributed by atoms with E-state index in [-0.39, 0.29) is 23.7 Å². The summed E-state index contributed by atoms with van der Waals surface area (Å²) in [6, 6.07) is 10.4. The quantitative estimate of drug-likeness (QED) is 0.576. The molecule has 2 heterocycles. The maximum Gasteiger partial charge on any atom is 0.417 e. The second-order valence-electron chi connectivity index (χ2n) is 9.32. The van der Waals surface area contributed by atoms with Crippen molar-refractivity contribution in [1.29, 1.82) is 0 Å². The number of benzene rings is 2. The Morgan fingerprint density at radius 3 is 2.55 bits per heavy atom. The second kappa shape index (κ2) is 7.64. The predicted molar refractivity (Wildman–Crippen MR) is 124 cm³/mol. The minimum absolute atomic E-state index is 0.0126. The van der Waals surface area contributed by atoms with E-state index in [1.54, 1.807) is 24.3 Å². The smallest absolute Gasteiger partial charge is 0.408 e. The van der Waals surface area contributed by atoms with Crippen LogP contribution in [-0.2, 0) is 4.79 Å². The van der Waals surface area contributed by atoms with Crippen LogP contribution in [-0.4, -0.2) is 41.3 Å². The van der Waals surface area contributed by atoms with E-state index in [0.29, 0.717) is 51.0 Å². The van der Waals surface area contributed by atoms with Crippen LogP contribution in [0.5, 0.6) is 0 Å². The largest absolute Gasteiger partial charge is 0.417 e. The van der Waals surface area contributed by atoms with Crippen LogP contribution >= 0.6 is 23.2 Å². The van der Waals surface area contributed by atoms with Crippen LogP contribution in [0.2, 0.25) is 10.0 Å². The van der Waals surface area contributed by atoms with Crippen molar-refractivity contribution in [2.45, 2.75) is 12.3 Å². The first kappa shape index (κ1) is 20.8. The number of hydrogen-bond acceptors (Lipinski definition) is 4. The lowest BCUT2D eigenvalue weighted by Gasteiger charge is -2.20. The number of amides is 2. The van der Waals surface area contributed by atoms with E-state index in [9.17, 15) is 14.4 Å². The number of aromatic nitrogens is 1.